The Morgan fingerprint density at radius 3 is 2.60 bits per heavy atom. The van der Waals surface area contributed by atoms with E-state index < -0.39 is 11.9 Å². The van der Waals surface area contributed by atoms with Gasteiger partial charge in [-0.1, -0.05) is 0 Å². The normalized spacial score (nSPS) is 16.6. The van der Waals surface area contributed by atoms with Crippen LogP contribution in [0.15, 0.2) is 41.5 Å². The van der Waals surface area contributed by atoms with E-state index in [1.54, 1.807) is 26.1 Å². The summed E-state index contributed by atoms with van der Waals surface area (Å²) in [6, 6.07) is 5.48. The molecular weight excluding hydrogens is 463 g/mol. The maximum Gasteiger partial charge on any atom is 0.433 e. The van der Waals surface area contributed by atoms with E-state index in [1.165, 1.54) is 12.1 Å². The predicted octanol–water partition coefficient (Wildman–Crippen LogP) is 3.38. The van der Waals surface area contributed by atoms with Crippen LogP contribution in [0.2, 0.25) is 0 Å². The third-order valence-corrected chi connectivity index (χ3v) is 5.78. The molecule has 0 radical (unpaired) electrons. The lowest BCUT2D eigenvalue weighted by molar-refractivity contribution is -0.141. The molecular formula is C23H20F3N7O2. The molecule has 9 nitrogen and oxygen atoms in total. The van der Waals surface area contributed by atoms with Crippen LogP contribution in [0, 0.1) is 13.8 Å². The number of aromatic nitrogens is 6. The molecule has 1 unspecified atom stereocenters. The van der Waals surface area contributed by atoms with Crippen molar-refractivity contribution in [2.45, 2.75) is 26.1 Å². The van der Waals surface area contributed by atoms with Gasteiger partial charge in [0.2, 0.25) is 11.5 Å². The Labute approximate surface area is 197 Å². The monoisotopic (exact) mass is 483 g/mol. The Hall–Kier alpha value is -3.93. The molecule has 5 heterocycles. The smallest absolute Gasteiger partial charge is 0.370 e. The van der Waals surface area contributed by atoms with Gasteiger partial charge in [-0.3, -0.25) is 9.78 Å². The molecule has 1 aliphatic heterocycles. The molecule has 0 amide bonds. The van der Waals surface area contributed by atoms with Crippen molar-refractivity contribution in [3.8, 4) is 11.3 Å². The number of morpholine rings is 1. The van der Waals surface area contributed by atoms with Crippen LogP contribution >= 0.6 is 0 Å². The van der Waals surface area contributed by atoms with Gasteiger partial charge in [0, 0.05) is 30.6 Å². The van der Waals surface area contributed by atoms with E-state index >= 15 is 0 Å². The Bertz CT molecular complexity index is 1450. The number of fused-ring (bicyclic) bond motifs is 1. The van der Waals surface area contributed by atoms with E-state index in [2.05, 4.69) is 29.9 Å². The van der Waals surface area contributed by atoms with Crippen LogP contribution in [-0.2, 0) is 10.9 Å². The first kappa shape index (κ1) is 22.8. The van der Waals surface area contributed by atoms with Gasteiger partial charge in [-0.05, 0) is 37.6 Å². The van der Waals surface area contributed by atoms with E-state index in [0.717, 1.165) is 17.8 Å². The zero-order valence-corrected chi connectivity index (χ0v) is 18.8. The molecule has 1 aliphatic rings. The summed E-state index contributed by atoms with van der Waals surface area (Å²) < 4.78 is 44.9. The van der Waals surface area contributed by atoms with Crippen molar-refractivity contribution in [1.29, 1.82) is 0 Å². The zero-order chi connectivity index (χ0) is 24.7. The maximum atomic E-state index is 13.0. The number of hydrogen-bond acceptors (Lipinski definition) is 8. The van der Waals surface area contributed by atoms with Crippen LogP contribution in [0.5, 0.6) is 0 Å². The second-order valence-electron chi connectivity index (χ2n) is 8.16. The molecule has 1 N–H and O–H groups in total. The van der Waals surface area contributed by atoms with E-state index in [4.69, 9.17) is 4.74 Å². The maximum absolute atomic E-state index is 13.0. The summed E-state index contributed by atoms with van der Waals surface area (Å²) in [6.45, 7) is 4.82. The Balaban J connectivity index is 1.59. The van der Waals surface area contributed by atoms with Gasteiger partial charge in [-0.25, -0.2) is 15.0 Å². The number of nitrogens with one attached hydrogen (secondary N) is 1. The topological polar surface area (TPSA) is 110 Å². The average molecular weight is 483 g/mol. The third-order valence-electron chi connectivity index (χ3n) is 5.78. The summed E-state index contributed by atoms with van der Waals surface area (Å²) in [5.41, 5.74) is 2.24. The zero-order valence-electron chi connectivity index (χ0n) is 18.8. The van der Waals surface area contributed by atoms with Gasteiger partial charge in [0.15, 0.2) is 5.65 Å². The number of pyridine rings is 2. The highest BCUT2D eigenvalue weighted by molar-refractivity contribution is 5.87. The summed E-state index contributed by atoms with van der Waals surface area (Å²) in [6.07, 6.45) is -2.24. The molecule has 0 bridgehead atoms. The highest BCUT2D eigenvalue weighted by atomic mass is 19.4. The van der Waals surface area contributed by atoms with Crippen LogP contribution in [0.25, 0.3) is 22.4 Å². The summed E-state index contributed by atoms with van der Waals surface area (Å²) in [7, 11) is 0. The van der Waals surface area contributed by atoms with Gasteiger partial charge >= 0.3 is 6.18 Å². The minimum absolute atomic E-state index is 0.233. The van der Waals surface area contributed by atoms with E-state index in [9.17, 15) is 18.0 Å². The lowest BCUT2D eigenvalue weighted by Crippen LogP contribution is -2.39. The minimum atomic E-state index is -4.55. The molecule has 4 aromatic rings. The lowest BCUT2D eigenvalue weighted by atomic mass is 10.1. The Morgan fingerprint density at radius 2 is 1.89 bits per heavy atom. The van der Waals surface area contributed by atoms with Crippen molar-refractivity contribution in [2.75, 3.05) is 24.6 Å². The van der Waals surface area contributed by atoms with Gasteiger partial charge in [-0.2, -0.15) is 18.2 Å². The SMILES string of the molecule is Cc1nc2nc(N3CCOC(c4cc[nH]c(=O)c4)C3)nc(-c3ccc(C(F)(F)F)nc3)c2nc1C. The van der Waals surface area contributed by atoms with Crippen LogP contribution in [-0.4, -0.2) is 49.6 Å². The van der Waals surface area contributed by atoms with Crippen molar-refractivity contribution in [3.63, 3.8) is 0 Å². The lowest BCUT2D eigenvalue weighted by Gasteiger charge is -2.33. The first-order valence-corrected chi connectivity index (χ1v) is 10.8. The van der Waals surface area contributed by atoms with Gasteiger partial charge in [0.25, 0.3) is 0 Å². The van der Waals surface area contributed by atoms with Crippen molar-refractivity contribution in [3.05, 3.63) is 69.7 Å². The Kier molecular flexibility index (Phi) is 5.67. The van der Waals surface area contributed by atoms with Crippen molar-refractivity contribution >= 4 is 17.1 Å². The molecule has 1 saturated heterocycles. The molecule has 0 spiro atoms. The number of rotatable bonds is 3. The highest BCUT2D eigenvalue weighted by Crippen LogP contribution is 2.32. The second kappa shape index (κ2) is 8.69. The molecule has 0 saturated carbocycles. The van der Waals surface area contributed by atoms with Crippen molar-refractivity contribution in [1.82, 2.24) is 29.9 Å². The molecule has 4 aromatic heterocycles. The van der Waals surface area contributed by atoms with Gasteiger partial charge in [-0.15, -0.1) is 0 Å². The summed E-state index contributed by atoms with van der Waals surface area (Å²) in [5.74, 6) is 0.336. The van der Waals surface area contributed by atoms with Crippen molar-refractivity contribution in [2.24, 2.45) is 0 Å². The summed E-state index contributed by atoms with van der Waals surface area (Å²) >= 11 is 0. The molecule has 12 heteroatoms. The number of anilines is 1. The molecule has 1 fully saturated rings. The highest BCUT2D eigenvalue weighted by Gasteiger charge is 2.32. The van der Waals surface area contributed by atoms with Crippen LogP contribution in [0.3, 0.4) is 0 Å². The van der Waals surface area contributed by atoms with Gasteiger partial charge < -0.3 is 14.6 Å². The number of aryl methyl sites for hydroxylation is 2. The molecule has 35 heavy (non-hydrogen) atoms. The molecule has 180 valence electrons. The number of alkyl halides is 3. The quantitative estimate of drug-likeness (QED) is 0.472. The number of ether oxygens (including phenoxy) is 1. The number of halogens is 3. The summed E-state index contributed by atoms with van der Waals surface area (Å²) in [4.78, 5) is 38.2. The van der Waals surface area contributed by atoms with Crippen LogP contribution < -0.4 is 10.5 Å². The molecule has 0 aliphatic carbocycles. The van der Waals surface area contributed by atoms with E-state index in [-0.39, 0.29) is 11.7 Å². The average Bonchev–Trinajstić information content (AvgIpc) is 2.84. The minimum Gasteiger partial charge on any atom is -0.370 e. The van der Waals surface area contributed by atoms with E-state index in [1.807, 2.05) is 4.90 Å². The third kappa shape index (κ3) is 4.56. The van der Waals surface area contributed by atoms with Crippen LogP contribution in [0.1, 0.15) is 28.7 Å². The van der Waals surface area contributed by atoms with Crippen molar-refractivity contribution < 1.29 is 17.9 Å². The standard InChI is InChI=1S/C23H20F3N7O2/c1-12-13(2)30-21-20(29-12)19(15-3-4-17(28-10-15)23(24,25)26)31-22(32-21)33-7-8-35-16(11-33)14-5-6-27-18(34)9-14/h3-6,9-10,16H,7-8,11H2,1-2H3,(H,27,34). The van der Waals surface area contributed by atoms with Gasteiger partial charge in [0.1, 0.15) is 23.0 Å². The number of aromatic amines is 1. The number of hydrogen-bond donors (Lipinski definition) is 1. The second-order valence-corrected chi connectivity index (χ2v) is 8.16. The fraction of sp³-hybridized carbons (Fsp3) is 0.304. The molecule has 5 rings (SSSR count). The van der Waals surface area contributed by atoms with E-state index in [0.29, 0.717) is 59.5 Å². The number of nitrogens with zero attached hydrogens (tertiary/aromatic N) is 6. The first-order chi connectivity index (χ1) is 16.7. The first-order valence-electron chi connectivity index (χ1n) is 10.8. The molecule has 0 aromatic carbocycles. The fourth-order valence-electron chi connectivity index (χ4n) is 3.84. The number of H-pyrrole nitrogens is 1. The largest absolute Gasteiger partial charge is 0.433 e. The molecule has 1 atom stereocenters. The van der Waals surface area contributed by atoms with Crippen LogP contribution in [0.4, 0.5) is 19.1 Å². The van der Waals surface area contributed by atoms with Gasteiger partial charge in [0.05, 0.1) is 24.5 Å². The Morgan fingerprint density at radius 1 is 1.09 bits per heavy atom. The summed E-state index contributed by atoms with van der Waals surface area (Å²) in [5, 5.41) is 0. The fourth-order valence-corrected chi connectivity index (χ4v) is 3.84. The predicted molar refractivity (Wildman–Crippen MR) is 121 cm³/mol.